The van der Waals surface area contributed by atoms with Gasteiger partial charge in [-0.2, -0.15) is 0 Å². The van der Waals surface area contributed by atoms with E-state index in [-0.39, 0.29) is 12.0 Å². The van der Waals surface area contributed by atoms with Gasteiger partial charge in [0.1, 0.15) is 0 Å². The van der Waals surface area contributed by atoms with E-state index in [2.05, 4.69) is 52.2 Å². The molecular formula is C16H21BrN2O. The predicted molar refractivity (Wildman–Crippen MR) is 88.0 cm³/mol. The monoisotopic (exact) mass is 336 g/mol. The van der Waals surface area contributed by atoms with Crippen molar-refractivity contribution in [1.29, 1.82) is 0 Å². The molecule has 1 aromatic heterocycles. The largest absolute Gasteiger partial charge is 0.396 e. The highest BCUT2D eigenvalue weighted by Gasteiger charge is 2.25. The first-order valence-corrected chi connectivity index (χ1v) is 7.82. The number of pyridine rings is 1. The van der Waals surface area contributed by atoms with Crippen molar-refractivity contribution >= 4 is 32.5 Å². The smallest absolute Gasteiger partial charge is 0.0934 e. The minimum absolute atomic E-state index is 0.0580. The Balaban J connectivity index is 2.26. The minimum Gasteiger partial charge on any atom is -0.396 e. The van der Waals surface area contributed by atoms with Crippen LogP contribution in [0.15, 0.2) is 34.9 Å². The van der Waals surface area contributed by atoms with Crippen LogP contribution in [-0.4, -0.2) is 23.2 Å². The maximum absolute atomic E-state index is 9.64. The molecule has 0 saturated carbocycles. The fourth-order valence-electron chi connectivity index (χ4n) is 2.34. The number of hydrogen-bond donors (Lipinski definition) is 2. The number of aliphatic hydroxyl groups excluding tert-OH is 1. The third-order valence-corrected chi connectivity index (χ3v) is 4.60. The van der Waals surface area contributed by atoms with Crippen LogP contribution in [0.2, 0.25) is 0 Å². The van der Waals surface area contributed by atoms with Gasteiger partial charge in [-0.25, -0.2) is 0 Å². The Morgan fingerprint density at radius 2 is 2.05 bits per heavy atom. The van der Waals surface area contributed by atoms with E-state index in [0.29, 0.717) is 0 Å². The molecule has 0 radical (unpaired) electrons. The lowest BCUT2D eigenvalue weighted by atomic mass is 9.83. The van der Waals surface area contributed by atoms with Crippen LogP contribution in [0.1, 0.15) is 26.7 Å². The Hall–Kier alpha value is -1.13. The number of nitrogens with zero attached hydrogens (tertiary/aromatic N) is 1. The van der Waals surface area contributed by atoms with Crippen LogP contribution < -0.4 is 5.32 Å². The normalized spacial score (nSPS) is 11.8. The van der Waals surface area contributed by atoms with E-state index in [1.807, 2.05) is 18.3 Å². The molecule has 0 fully saturated rings. The number of fused-ring (bicyclic) bond motifs is 1. The summed E-state index contributed by atoms with van der Waals surface area (Å²) in [6.45, 7) is 5.21. The van der Waals surface area contributed by atoms with E-state index in [9.17, 15) is 5.11 Å². The van der Waals surface area contributed by atoms with Gasteiger partial charge in [-0.15, -0.1) is 0 Å². The van der Waals surface area contributed by atoms with E-state index in [1.54, 1.807) is 0 Å². The van der Waals surface area contributed by atoms with Crippen molar-refractivity contribution in [3.63, 3.8) is 0 Å². The number of anilines is 1. The Bertz CT molecular complexity index is 573. The zero-order valence-electron chi connectivity index (χ0n) is 12.0. The summed E-state index contributed by atoms with van der Waals surface area (Å²) in [7, 11) is 0. The molecule has 0 amide bonds. The molecule has 1 aromatic carbocycles. The summed E-state index contributed by atoms with van der Waals surface area (Å²) in [5.41, 5.74) is 1.93. The van der Waals surface area contributed by atoms with E-state index in [4.69, 9.17) is 0 Å². The number of benzene rings is 1. The fourth-order valence-corrected chi connectivity index (χ4v) is 2.69. The first-order valence-electron chi connectivity index (χ1n) is 7.03. The standard InChI is InChI=1S/C16H21BrN2O/c1-3-16(4-2,11-20)10-19-14-7-5-6-12-8-13(17)9-18-15(12)14/h5-9,19-20H,3-4,10-11H2,1-2H3. The highest BCUT2D eigenvalue weighted by molar-refractivity contribution is 9.10. The van der Waals surface area contributed by atoms with Gasteiger partial charge in [0.2, 0.25) is 0 Å². The molecule has 0 unspecified atom stereocenters. The molecule has 0 bridgehead atoms. The molecular weight excluding hydrogens is 316 g/mol. The average Bonchev–Trinajstić information content (AvgIpc) is 2.49. The van der Waals surface area contributed by atoms with Crippen LogP contribution in [0.5, 0.6) is 0 Å². The molecule has 4 heteroatoms. The summed E-state index contributed by atoms with van der Waals surface area (Å²) >= 11 is 3.45. The summed E-state index contributed by atoms with van der Waals surface area (Å²) in [4.78, 5) is 4.49. The average molecular weight is 337 g/mol. The predicted octanol–water partition coefficient (Wildman–Crippen LogP) is 4.21. The SMILES string of the molecule is CCC(CC)(CO)CNc1cccc2cc(Br)cnc12. The maximum atomic E-state index is 9.64. The van der Waals surface area contributed by atoms with Crippen molar-refractivity contribution in [3.05, 3.63) is 34.9 Å². The summed E-state index contributed by atoms with van der Waals surface area (Å²) in [5.74, 6) is 0. The second-order valence-electron chi connectivity index (χ2n) is 5.25. The van der Waals surface area contributed by atoms with Gasteiger partial charge in [0.05, 0.1) is 17.8 Å². The van der Waals surface area contributed by atoms with Crippen molar-refractivity contribution in [2.45, 2.75) is 26.7 Å². The molecule has 1 heterocycles. The third-order valence-electron chi connectivity index (χ3n) is 4.17. The van der Waals surface area contributed by atoms with Gasteiger partial charge in [-0.05, 0) is 40.9 Å². The molecule has 3 nitrogen and oxygen atoms in total. The topological polar surface area (TPSA) is 45.1 Å². The lowest BCUT2D eigenvalue weighted by molar-refractivity contribution is 0.127. The molecule has 2 rings (SSSR count). The molecule has 20 heavy (non-hydrogen) atoms. The number of rotatable bonds is 6. The van der Waals surface area contributed by atoms with Crippen molar-refractivity contribution in [3.8, 4) is 0 Å². The van der Waals surface area contributed by atoms with Crippen LogP contribution in [-0.2, 0) is 0 Å². The second kappa shape index (κ2) is 6.55. The first kappa shape index (κ1) is 15.3. The Morgan fingerprint density at radius 1 is 1.30 bits per heavy atom. The Morgan fingerprint density at radius 3 is 2.70 bits per heavy atom. The van der Waals surface area contributed by atoms with Gasteiger partial charge in [0, 0.05) is 28.0 Å². The van der Waals surface area contributed by atoms with Crippen LogP contribution in [0.4, 0.5) is 5.69 Å². The molecule has 0 aliphatic rings. The highest BCUT2D eigenvalue weighted by atomic mass is 79.9. The maximum Gasteiger partial charge on any atom is 0.0934 e. The zero-order chi connectivity index (χ0) is 14.6. The van der Waals surface area contributed by atoms with Gasteiger partial charge in [-0.1, -0.05) is 26.0 Å². The van der Waals surface area contributed by atoms with Gasteiger partial charge < -0.3 is 10.4 Å². The van der Waals surface area contributed by atoms with Crippen LogP contribution >= 0.6 is 15.9 Å². The summed E-state index contributed by atoms with van der Waals surface area (Å²) < 4.78 is 0.981. The van der Waals surface area contributed by atoms with E-state index in [0.717, 1.165) is 40.4 Å². The number of nitrogens with one attached hydrogen (secondary N) is 1. The van der Waals surface area contributed by atoms with E-state index >= 15 is 0 Å². The number of hydrogen-bond acceptors (Lipinski definition) is 3. The zero-order valence-corrected chi connectivity index (χ0v) is 13.6. The summed E-state index contributed by atoms with van der Waals surface area (Å²) in [6.07, 6.45) is 3.72. The molecule has 0 aliphatic heterocycles. The Labute approximate surface area is 128 Å². The van der Waals surface area contributed by atoms with Crippen molar-refractivity contribution in [2.24, 2.45) is 5.41 Å². The summed E-state index contributed by atoms with van der Waals surface area (Å²) in [5, 5.41) is 14.2. The van der Waals surface area contributed by atoms with E-state index < -0.39 is 0 Å². The van der Waals surface area contributed by atoms with Gasteiger partial charge in [-0.3, -0.25) is 4.98 Å². The molecule has 2 N–H and O–H groups in total. The van der Waals surface area contributed by atoms with Crippen molar-refractivity contribution in [1.82, 2.24) is 4.98 Å². The first-order chi connectivity index (χ1) is 9.64. The third kappa shape index (κ3) is 3.13. The van der Waals surface area contributed by atoms with Gasteiger partial charge in [0.25, 0.3) is 0 Å². The molecule has 0 aliphatic carbocycles. The lowest BCUT2D eigenvalue weighted by Crippen LogP contribution is -2.32. The molecule has 108 valence electrons. The number of aliphatic hydroxyl groups is 1. The quantitative estimate of drug-likeness (QED) is 0.830. The molecule has 0 saturated heterocycles. The van der Waals surface area contributed by atoms with Crippen LogP contribution in [0.3, 0.4) is 0 Å². The molecule has 0 atom stereocenters. The van der Waals surface area contributed by atoms with Crippen LogP contribution in [0.25, 0.3) is 10.9 Å². The Kier molecular flexibility index (Phi) is 5.00. The highest BCUT2D eigenvalue weighted by Crippen LogP contribution is 2.28. The van der Waals surface area contributed by atoms with E-state index in [1.165, 1.54) is 0 Å². The van der Waals surface area contributed by atoms with Crippen molar-refractivity contribution in [2.75, 3.05) is 18.5 Å². The fraction of sp³-hybridized carbons (Fsp3) is 0.438. The van der Waals surface area contributed by atoms with Crippen LogP contribution in [0, 0.1) is 5.41 Å². The second-order valence-corrected chi connectivity index (χ2v) is 6.17. The molecule has 2 aromatic rings. The molecule has 0 spiro atoms. The van der Waals surface area contributed by atoms with Gasteiger partial charge in [0.15, 0.2) is 0 Å². The summed E-state index contributed by atoms with van der Waals surface area (Å²) in [6, 6.07) is 8.18. The number of para-hydroxylation sites is 1. The lowest BCUT2D eigenvalue weighted by Gasteiger charge is -2.30. The number of aromatic nitrogens is 1. The minimum atomic E-state index is -0.0580. The van der Waals surface area contributed by atoms with Gasteiger partial charge >= 0.3 is 0 Å². The number of halogens is 1. The van der Waals surface area contributed by atoms with Crippen molar-refractivity contribution < 1.29 is 5.11 Å².